The van der Waals surface area contributed by atoms with Crippen molar-refractivity contribution in [2.45, 2.75) is 44.8 Å². The van der Waals surface area contributed by atoms with E-state index in [1.807, 2.05) is 18.3 Å². The molecular formula is C20H28N4OS. The number of thiocarbonyl (C=S) groups is 1. The largest absolute Gasteiger partial charge is 0.385 e. The van der Waals surface area contributed by atoms with Crippen LogP contribution in [0.4, 0.5) is 0 Å². The van der Waals surface area contributed by atoms with Crippen molar-refractivity contribution in [2.75, 3.05) is 20.3 Å². The topological polar surface area (TPSA) is 42.3 Å². The zero-order chi connectivity index (χ0) is 18.7. The van der Waals surface area contributed by atoms with Gasteiger partial charge in [-0.25, -0.2) is 0 Å². The van der Waals surface area contributed by atoms with E-state index in [1.54, 1.807) is 7.11 Å². The monoisotopic (exact) mass is 372 g/mol. The van der Waals surface area contributed by atoms with Crippen LogP contribution >= 0.6 is 12.2 Å². The number of nitrogens with zero attached hydrogens (tertiary/aromatic N) is 3. The summed E-state index contributed by atoms with van der Waals surface area (Å²) in [5.74, 6) is 0. The fraction of sp³-hybridized carbons (Fsp3) is 0.500. The summed E-state index contributed by atoms with van der Waals surface area (Å²) in [5.41, 5.74) is 2.31. The molecule has 2 atom stereocenters. The summed E-state index contributed by atoms with van der Waals surface area (Å²) in [5, 5.41) is 4.27. The van der Waals surface area contributed by atoms with Crippen LogP contribution in [0.2, 0.25) is 0 Å². The second-order valence-corrected chi connectivity index (χ2v) is 8.08. The van der Waals surface area contributed by atoms with Gasteiger partial charge in [0.05, 0.1) is 17.8 Å². The molecule has 0 radical (unpaired) electrons. The van der Waals surface area contributed by atoms with E-state index in [0.29, 0.717) is 0 Å². The second kappa shape index (κ2) is 7.76. The number of methoxy groups -OCH3 is 1. The van der Waals surface area contributed by atoms with Crippen LogP contribution in [0.1, 0.15) is 50.5 Å². The first kappa shape index (κ1) is 18.9. The third kappa shape index (κ3) is 3.91. The molecule has 26 heavy (non-hydrogen) atoms. The highest BCUT2D eigenvalue weighted by atomic mass is 32.1. The molecule has 2 aromatic heterocycles. The molecule has 1 aliphatic heterocycles. The van der Waals surface area contributed by atoms with Crippen LogP contribution in [0, 0.1) is 0 Å². The molecule has 0 bridgehead atoms. The van der Waals surface area contributed by atoms with Crippen molar-refractivity contribution >= 4 is 17.3 Å². The highest BCUT2D eigenvalue weighted by Crippen LogP contribution is 2.39. The third-order valence-electron chi connectivity index (χ3n) is 4.78. The lowest BCUT2D eigenvalue weighted by atomic mass is 9.99. The van der Waals surface area contributed by atoms with Gasteiger partial charge in [0, 0.05) is 44.4 Å². The Hall–Kier alpha value is -1.92. The lowest BCUT2D eigenvalue weighted by molar-refractivity contribution is 0.180. The third-order valence-corrected chi connectivity index (χ3v) is 5.13. The van der Waals surface area contributed by atoms with E-state index >= 15 is 0 Å². The molecule has 6 heteroatoms. The lowest BCUT2D eigenvalue weighted by Crippen LogP contribution is -2.31. The number of aromatic nitrogens is 2. The Bertz CT molecular complexity index is 738. The van der Waals surface area contributed by atoms with Crippen molar-refractivity contribution in [2.24, 2.45) is 0 Å². The molecule has 1 N–H and O–H groups in total. The second-order valence-electron chi connectivity index (χ2n) is 7.69. The van der Waals surface area contributed by atoms with Crippen molar-refractivity contribution in [3.8, 4) is 0 Å². The molecule has 0 aliphatic carbocycles. The number of ether oxygens (including phenoxy) is 1. The van der Waals surface area contributed by atoms with E-state index in [0.717, 1.165) is 30.4 Å². The Morgan fingerprint density at radius 2 is 2.08 bits per heavy atom. The van der Waals surface area contributed by atoms with E-state index in [-0.39, 0.29) is 17.6 Å². The molecule has 2 aromatic rings. The summed E-state index contributed by atoms with van der Waals surface area (Å²) in [4.78, 5) is 6.85. The van der Waals surface area contributed by atoms with E-state index < -0.39 is 0 Å². The predicted molar refractivity (Wildman–Crippen MR) is 108 cm³/mol. The van der Waals surface area contributed by atoms with Crippen LogP contribution in [-0.2, 0) is 10.3 Å². The number of nitrogens with one attached hydrogen (secondary N) is 1. The van der Waals surface area contributed by atoms with Crippen molar-refractivity contribution in [3.05, 3.63) is 54.1 Å². The maximum Gasteiger partial charge on any atom is 0.170 e. The van der Waals surface area contributed by atoms with Gasteiger partial charge >= 0.3 is 0 Å². The molecule has 3 rings (SSSR count). The van der Waals surface area contributed by atoms with Crippen molar-refractivity contribution in [1.82, 2.24) is 19.8 Å². The van der Waals surface area contributed by atoms with Gasteiger partial charge < -0.3 is 19.5 Å². The number of hydrogen-bond donors (Lipinski definition) is 1. The van der Waals surface area contributed by atoms with Crippen LogP contribution in [0.5, 0.6) is 0 Å². The van der Waals surface area contributed by atoms with Crippen LogP contribution in [0.3, 0.4) is 0 Å². The Balaban J connectivity index is 1.95. The van der Waals surface area contributed by atoms with E-state index in [9.17, 15) is 0 Å². The number of hydrogen-bond acceptors (Lipinski definition) is 3. The Kier molecular flexibility index (Phi) is 5.63. The Labute approximate surface area is 161 Å². The summed E-state index contributed by atoms with van der Waals surface area (Å²) in [6.07, 6.45) is 7.16. The summed E-state index contributed by atoms with van der Waals surface area (Å²) >= 11 is 5.66. The normalized spacial score (nSPS) is 20.5. The highest BCUT2D eigenvalue weighted by molar-refractivity contribution is 7.80. The van der Waals surface area contributed by atoms with Gasteiger partial charge in [0.2, 0.25) is 0 Å². The summed E-state index contributed by atoms with van der Waals surface area (Å²) in [7, 11) is 1.73. The molecule has 140 valence electrons. The van der Waals surface area contributed by atoms with Crippen molar-refractivity contribution in [1.29, 1.82) is 0 Å². The fourth-order valence-electron chi connectivity index (χ4n) is 3.39. The van der Waals surface area contributed by atoms with Gasteiger partial charge in [-0.15, -0.1) is 0 Å². The van der Waals surface area contributed by atoms with Gasteiger partial charge in [-0.05, 0) is 63.2 Å². The minimum Gasteiger partial charge on any atom is -0.385 e. The molecule has 1 aliphatic rings. The lowest BCUT2D eigenvalue weighted by Gasteiger charge is -2.27. The first-order chi connectivity index (χ1) is 12.4. The maximum absolute atomic E-state index is 5.66. The van der Waals surface area contributed by atoms with Crippen molar-refractivity contribution < 1.29 is 4.74 Å². The molecule has 0 spiro atoms. The first-order valence-electron chi connectivity index (χ1n) is 9.07. The van der Waals surface area contributed by atoms with Gasteiger partial charge in [-0.2, -0.15) is 0 Å². The van der Waals surface area contributed by atoms with Crippen LogP contribution in [0.25, 0.3) is 0 Å². The molecule has 0 aromatic carbocycles. The Morgan fingerprint density at radius 3 is 2.69 bits per heavy atom. The molecule has 1 fully saturated rings. The summed E-state index contributed by atoms with van der Waals surface area (Å²) in [6, 6.07) is 8.40. The quantitative estimate of drug-likeness (QED) is 0.619. The Morgan fingerprint density at radius 1 is 1.27 bits per heavy atom. The molecule has 0 saturated carbocycles. The zero-order valence-corrected chi connectivity index (χ0v) is 16.8. The summed E-state index contributed by atoms with van der Waals surface area (Å²) in [6.45, 7) is 8.21. The van der Waals surface area contributed by atoms with Gasteiger partial charge in [-0.3, -0.25) is 4.98 Å². The SMILES string of the molecule is COCCCN1C(=S)N[C@@H](c2ccccn2)[C@H]1c1ccn(C(C)(C)C)c1. The number of pyridine rings is 1. The van der Waals surface area contributed by atoms with Crippen LogP contribution in [-0.4, -0.2) is 39.8 Å². The van der Waals surface area contributed by atoms with E-state index in [4.69, 9.17) is 17.0 Å². The minimum atomic E-state index is 0.0436. The average molecular weight is 373 g/mol. The van der Waals surface area contributed by atoms with Gasteiger partial charge in [0.25, 0.3) is 0 Å². The predicted octanol–water partition coefficient (Wildman–Crippen LogP) is 3.65. The molecule has 3 heterocycles. The standard InChI is InChI=1S/C20H28N4OS/c1-20(2,3)23-12-9-15(14-23)18-17(16-8-5-6-10-21-16)22-19(26)24(18)11-7-13-25-4/h5-6,8-10,12,14,17-18H,7,11,13H2,1-4H3,(H,22,26)/t17-,18+/m0/s1. The fourth-order valence-corrected chi connectivity index (χ4v) is 3.73. The molecular weight excluding hydrogens is 344 g/mol. The van der Waals surface area contributed by atoms with E-state index in [2.05, 4.69) is 65.1 Å². The first-order valence-corrected chi connectivity index (χ1v) is 9.48. The van der Waals surface area contributed by atoms with E-state index in [1.165, 1.54) is 5.56 Å². The zero-order valence-electron chi connectivity index (χ0n) is 16.0. The minimum absolute atomic E-state index is 0.0436. The van der Waals surface area contributed by atoms with Gasteiger partial charge in [0.15, 0.2) is 5.11 Å². The van der Waals surface area contributed by atoms with Crippen LogP contribution in [0.15, 0.2) is 42.9 Å². The van der Waals surface area contributed by atoms with Gasteiger partial charge in [-0.1, -0.05) is 6.07 Å². The highest BCUT2D eigenvalue weighted by Gasteiger charge is 2.40. The number of rotatable bonds is 6. The smallest absolute Gasteiger partial charge is 0.170 e. The maximum atomic E-state index is 5.66. The molecule has 5 nitrogen and oxygen atoms in total. The molecule has 1 saturated heterocycles. The average Bonchev–Trinajstić information content (AvgIpc) is 3.21. The van der Waals surface area contributed by atoms with Gasteiger partial charge in [0.1, 0.15) is 0 Å². The van der Waals surface area contributed by atoms with Crippen molar-refractivity contribution in [3.63, 3.8) is 0 Å². The molecule has 0 amide bonds. The summed E-state index contributed by atoms with van der Waals surface area (Å²) < 4.78 is 7.49. The van der Waals surface area contributed by atoms with Crippen LogP contribution < -0.4 is 5.32 Å². The molecule has 0 unspecified atom stereocenters.